The predicted octanol–water partition coefficient (Wildman–Crippen LogP) is 1.22. The number of aliphatic hydroxyl groups is 2. The molecule has 5 atom stereocenters. The second-order valence-electron chi connectivity index (χ2n) is 8.61. The van der Waals surface area contributed by atoms with E-state index in [1.165, 1.54) is 38.1 Å². The monoisotopic (exact) mass is 477 g/mol. The zero-order valence-electron chi connectivity index (χ0n) is 18.9. The molecule has 2 aliphatic rings. The van der Waals surface area contributed by atoms with Crippen LogP contribution in [0.5, 0.6) is 0 Å². The number of fused-ring (bicyclic) bond motifs is 1. The van der Waals surface area contributed by atoms with E-state index in [-0.39, 0.29) is 43.7 Å². The number of non-ortho nitro benzene ring substituents is 1. The van der Waals surface area contributed by atoms with Gasteiger partial charge in [-0.2, -0.15) is 0 Å². The number of hydrogen-bond donors (Lipinski definition) is 2. The predicted molar refractivity (Wildman–Crippen MR) is 114 cm³/mol. The molecule has 0 radical (unpaired) electrons. The molecule has 2 aliphatic carbocycles. The number of rotatable bonds is 7. The van der Waals surface area contributed by atoms with Crippen molar-refractivity contribution in [2.45, 2.75) is 56.7 Å². The van der Waals surface area contributed by atoms with Gasteiger partial charge in [0.05, 0.1) is 35.6 Å². The third-order valence-corrected chi connectivity index (χ3v) is 6.69. The third kappa shape index (κ3) is 4.21. The van der Waals surface area contributed by atoms with Crippen molar-refractivity contribution >= 4 is 29.2 Å². The summed E-state index contributed by atoms with van der Waals surface area (Å²) >= 11 is 0. The van der Waals surface area contributed by atoms with Crippen LogP contribution in [0, 0.1) is 22.0 Å². The summed E-state index contributed by atoms with van der Waals surface area (Å²) in [6.07, 6.45) is -0.510. The summed E-state index contributed by atoms with van der Waals surface area (Å²) in [5.41, 5.74) is -4.69. The highest BCUT2D eigenvalue weighted by Gasteiger charge is 2.69. The van der Waals surface area contributed by atoms with Crippen LogP contribution in [0.25, 0.3) is 0 Å². The summed E-state index contributed by atoms with van der Waals surface area (Å²) in [5.74, 6) is -8.41. The van der Waals surface area contributed by atoms with Gasteiger partial charge in [0.1, 0.15) is 5.78 Å². The number of hydrogen-bond acceptors (Lipinski definition) is 10. The molecule has 0 spiro atoms. The SMILES string of the molecule is CCOC(=O)C(=O)[C@H]1[C@H](c2ccc([N+](=O)[O-])cc2)C[C@](O)(C(=O)OCC)[C@H]2C(=O)CCC[C@]12O. The lowest BCUT2D eigenvalue weighted by molar-refractivity contribution is -0.384. The summed E-state index contributed by atoms with van der Waals surface area (Å²) in [7, 11) is 0. The number of nitro benzene ring substituents is 1. The van der Waals surface area contributed by atoms with Crippen LogP contribution < -0.4 is 0 Å². The standard InChI is InChI=1S/C23H27NO10/c1-3-33-20(27)18(26)17-15(13-7-9-14(10-8-13)24(31)32)12-23(30,21(28)34-4-2)19-16(25)6-5-11-22(17,19)29/h7-10,15,17,19,29-30H,3-6,11-12H2,1-2H3/t15-,17+,19-,22-,23+/m0/s1. The lowest BCUT2D eigenvalue weighted by atomic mass is 9.50. The largest absolute Gasteiger partial charge is 0.464 e. The van der Waals surface area contributed by atoms with E-state index in [9.17, 15) is 39.5 Å². The number of nitro groups is 1. The number of esters is 2. The van der Waals surface area contributed by atoms with Crippen molar-refractivity contribution < 1.29 is 43.8 Å². The van der Waals surface area contributed by atoms with Crippen molar-refractivity contribution in [3.63, 3.8) is 0 Å². The first-order chi connectivity index (χ1) is 16.0. The Balaban J connectivity index is 2.21. The minimum atomic E-state index is -2.47. The van der Waals surface area contributed by atoms with Crippen molar-refractivity contribution in [3.05, 3.63) is 39.9 Å². The normalized spacial score (nSPS) is 30.7. The lowest BCUT2D eigenvalue weighted by Crippen LogP contribution is -2.70. The summed E-state index contributed by atoms with van der Waals surface area (Å²) in [5, 5.41) is 34.4. The quantitative estimate of drug-likeness (QED) is 0.252. The topological polar surface area (TPSA) is 170 Å². The molecule has 0 unspecified atom stereocenters. The first-order valence-corrected chi connectivity index (χ1v) is 11.1. The number of nitrogens with zero attached hydrogens (tertiary/aromatic N) is 1. The Morgan fingerprint density at radius 2 is 1.74 bits per heavy atom. The van der Waals surface area contributed by atoms with E-state index in [4.69, 9.17) is 9.47 Å². The molecule has 184 valence electrons. The van der Waals surface area contributed by atoms with Gasteiger partial charge in [-0.1, -0.05) is 12.1 Å². The Labute approximate surface area is 195 Å². The van der Waals surface area contributed by atoms with Gasteiger partial charge in [0.25, 0.3) is 5.69 Å². The molecule has 34 heavy (non-hydrogen) atoms. The van der Waals surface area contributed by atoms with Gasteiger partial charge < -0.3 is 19.7 Å². The fourth-order valence-electron chi connectivity index (χ4n) is 5.40. The van der Waals surface area contributed by atoms with Crippen molar-refractivity contribution in [3.8, 4) is 0 Å². The molecule has 2 N–H and O–H groups in total. The average Bonchev–Trinajstić information content (AvgIpc) is 2.78. The third-order valence-electron chi connectivity index (χ3n) is 6.69. The molecule has 0 amide bonds. The van der Waals surface area contributed by atoms with E-state index in [1.54, 1.807) is 0 Å². The Bertz CT molecular complexity index is 1010. The van der Waals surface area contributed by atoms with E-state index in [2.05, 4.69) is 0 Å². The molecule has 1 aromatic rings. The molecular formula is C23H27NO10. The number of carbonyl (C=O) groups excluding carboxylic acids is 4. The molecular weight excluding hydrogens is 450 g/mol. The van der Waals surface area contributed by atoms with E-state index in [0.29, 0.717) is 0 Å². The van der Waals surface area contributed by atoms with Crippen molar-refractivity contribution in [2.75, 3.05) is 13.2 Å². The fraction of sp³-hybridized carbons (Fsp3) is 0.565. The van der Waals surface area contributed by atoms with Crippen LogP contribution in [-0.2, 0) is 28.7 Å². The van der Waals surface area contributed by atoms with Crippen LogP contribution in [-0.4, -0.2) is 63.1 Å². The highest BCUT2D eigenvalue weighted by molar-refractivity contribution is 6.35. The number of Topliss-reactive ketones (excluding diaryl/α,β-unsaturated/α-hetero) is 2. The summed E-state index contributed by atoms with van der Waals surface area (Å²) in [6, 6.07) is 5.00. The first kappa shape index (κ1) is 25.4. The van der Waals surface area contributed by atoms with E-state index < -0.39 is 63.8 Å². The molecule has 2 saturated carbocycles. The zero-order chi connectivity index (χ0) is 25.3. The lowest BCUT2D eigenvalue weighted by Gasteiger charge is -2.55. The minimum absolute atomic E-state index is 0.0305. The van der Waals surface area contributed by atoms with E-state index in [1.807, 2.05) is 0 Å². The number of carbonyl (C=O) groups is 4. The second kappa shape index (κ2) is 9.59. The Morgan fingerprint density at radius 3 is 2.29 bits per heavy atom. The number of ketones is 2. The second-order valence-corrected chi connectivity index (χ2v) is 8.61. The van der Waals surface area contributed by atoms with Gasteiger partial charge in [-0.15, -0.1) is 0 Å². The smallest absolute Gasteiger partial charge is 0.375 e. The van der Waals surface area contributed by atoms with Gasteiger partial charge in [0, 0.05) is 24.5 Å². The van der Waals surface area contributed by atoms with Crippen LogP contribution in [0.4, 0.5) is 5.69 Å². The zero-order valence-corrected chi connectivity index (χ0v) is 18.9. The van der Waals surface area contributed by atoms with Crippen LogP contribution >= 0.6 is 0 Å². The van der Waals surface area contributed by atoms with Crippen molar-refractivity contribution in [1.82, 2.24) is 0 Å². The molecule has 0 heterocycles. The fourth-order valence-corrected chi connectivity index (χ4v) is 5.40. The van der Waals surface area contributed by atoms with Gasteiger partial charge in [0.15, 0.2) is 5.60 Å². The van der Waals surface area contributed by atoms with Crippen LogP contribution in [0.3, 0.4) is 0 Å². The van der Waals surface area contributed by atoms with Crippen LogP contribution in [0.2, 0.25) is 0 Å². The summed E-state index contributed by atoms with van der Waals surface area (Å²) in [6.45, 7) is 2.81. The van der Waals surface area contributed by atoms with Gasteiger partial charge in [-0.05, 0) is 38.7 Å². The van der Waals surface area contributed by atoms with Gasteiger partial charge in [-0.3, -0.25) is 19.7 Å². The van der Waals surface area contributed by atoms with Crippen LogP contribution in [0.1, 0.15) is 51.0 Å². The van der Waals surface area contributed by atoms with Crippen molar-refractivity contribution in [2.24, 2.45) is 11.8 Å². The average molecular weight is 477 g/mol. The van der Waals surface area contributed by atoms with E-state index in [0.717, 1.165) is 0 Å². The minimum Gasteiger partial charge on any atom is -0.464 e. The molecule has 0 aliphatic heterocycles. The molecule has 0 aromatic heterocycles. The molecule has 3 rings (SSSR count). The highest BCUT2D eigenvalue weighted by Crippen LogP contribution is 2.56. The molecule has 0 saturated heterocycles. The Morgan fingerprint density at radius 1 is 1.12 bits per heavy atom. The van der Waals surface area contributed by atoms with E-state index >= 15 is 0 Å². The highest BCUT2D eigenvalue weighted by atomic mass is 16.6. The molecule has 11 nitrogen and oxygen atoms in total. The molecule has 0 bridgehead atoms. The Kier molecular flexibility index (Phi) is 7.18. The summed E-state index contributed by atoms with van der Waals surface area (Å²) in [4.78, 5) is 62.0. The molecule has 11 heteroatoms. The number of benzene rings is 1. The van der Waals surface area contributed by atoms with Crippen molar-refractivity contribution in [1.29, 1.82) is 0 Å². The van der Waals surface area contributed by atoms with Gasteiger partial charge >= 0.3 is 11.9 Å². The van der Waals surface area contributed by atoms with Crippen LogP contribution in [0.15, 0.2) is 24.3 Å². The molecule has 1 aromatic carbocycles. The maximum absolute atomic E-state index is 13.3. The van der Waals surface area contributed by atoms with Gasteiger partial charge in [-0.25, -0.2) is 9.59 Å². The Hall–Kier alpha value is -3.18. The first-order valence-electron chi connectivity index (χ1n) is 11.1. The maximum Gasteiger partial charge on any atom is 0.375 e. The molecule has 2 fully saturated rings. The summed E-state index contributed by atoms with van der Waals surface area (Å²) < 4.78 is 9.88. The van der Waals surface area contributed by atoms with Gasteiger partial charge in [0.2, 0.25) is 5.78 Å². The number of ether oxygens (including phenoxy) is 2. The maximum atomic E-state index is 13.3.